The Morgan fingerprint density at radius 3 is 2.77 bits per heavy atom. The molecule has 0 spiro atoms. The first-order valence-electron chi connectivity index (χ1n) is 4.60. The lowest BCUT2D eigenvalue weighted by molar-refractivity contribution is 0.830. The van der Waals surface area contributed by atoms with Crippen LogP contribution in [0.5, 0.6) is 0 Å². The molecule has 0 atom stereocenters. The number of aromatic nitrogens is 2. The Hall–Kier alpha value is -1.32. The molecule has 1 aromatic heterocycles. The maximum absolute atomic E-state index is 4.10. The van der Waals surface area contributed by atoms with Crippen LogP contribution in [0.25, 0.3) is 0 Å². The van der Waals surface area contributed by atoms with E-state index in [2.05, 4.69) is 27.5 Å². The van der Waals surface area contributed by atoms with Crippen molar-refractivity contribution in [3.8, 4) is 0 Å². The van der Waals surface area contributed by atoms with E-state index in [0.717, 1.165) is 18.2 Å². The molecule has 0 aromatic carbocycles. The largest absolute Gasteiger partial charge is 0.373 e. The molecular formula is C9H16N4. The molecule has 0 aliphatic rings. The average molecular weight is 180 g/mol. The van der Waals surface area contributed by atoms with E-state index < -0.39 is 0 Å². The maximum Gasteiger partial charge on any atom is 0.131 e. The van der Waals surface area contributed by atoms with E-state index in [9.17, 15) is 0 Å². The van der Waals surface area contributed by atoms with Crippen LogP contribution in [-0.2, 0) is 0 Å². The first kappa shape index (κ1) is 9.77. The summed E-state index contributed by atoms with van der Waals surface area (Å²) in [5, 5.41) is 6.20. The van der Waals surface area contributed by atoms with Crippen molar-refractivity contribution in [2.45, 2.75) is 19.8 Å². The normalized spacial score (nSPS) is 9.69. The minimum Gasteiger partial charge on any atom is -0.373 e. The summed E-state index contributed by atoms with van der Waals surface area (Å²) in [6.45, 7) is 3.14. The van der Waals surface area contributed by atoms with Gasteiger partial charge in [0.25, 0.3) is 0 Å². The first-order valence-corrected chi connectivity index (χ1v) is 4.60. The lowest BCUT2D eigenvalue weighted by Crippen LogP contribution is -2.04. The van der Waals surface area contributed by atoms with Crippen molar-refractivity contribution in [3.05, 3.63) is 12.4 Å². The van der Waals surface area contributed by atoms with Crippen molar-refractivity contribution in [2.75, 3.05) is 24.2 Å². The molecule has 1 heterocycles. The predicted molar refractivity (Wildman–Crippen MR) is 55.0 cm³/mol. The molecule has 0 unspecified atom stereocenters. The SMILES string of the molecule is CCCCNc1cc(NC)ncn1. The van der Waals surface area contributed by atoms with E-state index in [1.165, 1.54) is 12.8 Å². The summed E-state index contributed by atoms with van der Waals surface area (Å²) in [6, 6.07) is 1.90. The molecule has 0 radical (unpaired) electrons. The van der Waals surface area contributed by atoms with Gasteiger partial charge in [-0.2, -0.15) is 0 Å². The Morgan fingerprint density at radius 2 is 2.08 bits per heavy atom. The van der Waals surface area contributed by atoms with E-state index in [1.807, 2.05) is 13.1 Å². The zero-order chi connectivity index (χ0) is 9.52. The van der Waals surface area contributed by atoms with Crippen molar-refractivity contribution < 1.29 is 0 Å². The Labute approximate surface area is 78.8 Å². The molecule has 4 nitrogen and oxygen atoms in total. The molecule has 72 valence electrons. The highest BCUT2D eigenvalue weighted by molar-refractivity contribution is 5.45. The van der Waals surface area contributed by atoms with Gasteiger partial charge in [-0.05, 0) is 6.42 Å². The fourth-order valence-electron chi connectivity index (χ4n) is 0.984. The minimum absolute atomic E-state index is 0.842. The number of nitrogens with zero attached hydrogens (tertiary/aromatic N) is 2. The predicted octanol–water partition coefficient (Wildman–Crippen LogP) is 1.73. The molecule has 0 aliphatic carbocycles. The van der Waals surface area contributed by atoms with Gasteiger partial charge in [-0.15, -0.1) is 0 Å². The van der Waals surface area contributed by atoms with Gasteiger partial charge in [-0.25, -0.2) is 9.97 Å². The molecule has 1 aromatic rings. The molecule has 0 saturated heterocycles. The van der Waals surface area contributed by atoms with Crippen LogP contribution >= 0.6 is 0 Å². The van der Waals surface area contributed by atoms with E-state index in [-0.39, 0.29) is 0 Å². The quantitative estimate of drug-likeness (QED) is 0.677. The molecule has 0 amide bonds. The average Bonchev–Trinajstić information content (AvgIpc) is 2.19. The number of rotatable bonds is 5. The van der Waals surface area contributed by atoms with Gasteiger partial charge < -0.3 is 10.6 Å². The van der Waals surface area contributed by atoms with Crippen molar-refractivity contribution in [3.63, 3.8) is 0 Å². The monoisotopic (exact) mass is 180 g/mol. The van der Waals surface area contributed by atoms with Crippen molar-refractivity contribution in [1.82, 2.24) is 9.97 Å². The molecule has 0 bridgehead atoms. The molecule has 0 saturated carbocycles. The lowest BCUT2D eigenvalue weighted by Gasteiger charge is -2.05. The number of hydrogen-bond acceptors (Lipinski definition) is 4. The molecule has 4 heteroatoms. The molecule has 1 rings (SSSR count). The maximum atomic E-state index is 4.10. The molecule has 2 N–H and O–H groups in total. The van der Waals surface area contributed by atoms with E-state index in [0.29, 0.717) is 0 Å². The minimum atomic E-state index is 0.842. The van der Waals surface area contributed by atoms with Crippen LogP contribution in [-0.4, -0.2) is 23.6 Å². The van der Waals surface area contributed by atoms with Gasteiger partial charge >= 0.3 is 0 Å². The van der Waals surface area contributed by atoms with Gasteiger partial charge in [0.15, 0.2) is 0 Å². The zero-order valence-corrected chi connectivity index (χ0v) is 8.17. The van der Waals surface area contributed by atoms with Crippen LogP contribution in [0.2, 0.25) is 0 Å². The number of hydrogen-bond donors (Lipinski definition) is 2. The summed E-state index contributed by atoms with van der Waals surface area (Å²) in [7, 11) is 1.85. The standard InChI is InChI=1S/C9H16N4/c1-3-4-5-11-9-6-8(10-2)12-7-13-9/h6-7H,3-5H2,1-2H3,(H2,10,11,12,13). The summed E-state index contributed by atoms with van der Waals surface area (Å²) < 4.78 is 0. The molecule has 0 aliphatic heterocycles. The fourth-order valence-corrected chi connectivity index (χ4v) is 0.984. The van der Waals surface area contributed by atoms with Crippen LogP contribution in [0.15, 0.2) is 12.4 Å². The molecule has 0 fully saturated rings. The van der Waals surface area contributed by atoms with Crippen LogP contribution in [0, 0.1) is 0 Å². The summed E-state index contributed by atoms with van der Waals surface area (Å²) in [6.07, 6.45) is 3.91. The van der Waals surface area contributed by atoms with Gasteiger partial charge in [0, 0.05) is 19.7 Å². The van der Waals surface area contributed by atoms with Crippen molar-refractivity contribution in [2.24, 2.45) is 0 Å². The summed E-state index contributed by atoms with van der Waals surface area (Å²) in [4.78, 5) is 8.12. The number of unbranched alkanes of at least 4 members (excludes halogenated alkanes) is 1. The second kappa shape index (κ2) is 5.35. The fraction of sp³-hybridized carbons (Fsp3) is 0.556. The zero-order valence-electron chi connectivity index (χ0n) is 8.17. The summed E-state index contributed by atoms with van der Waals surface area (Å²) in [5.74, 6) is 1.72. The van der Waals surface area contributed by atoms with Gasteiger partial charge in [-0.1, -0.05) is 13.3 Å². The number of nitrogens with one attached hydrogen (secondary N) is 2. The summed E-state index contributed by atoms with van der Waals surface area (Å²) in [5.41, 5.74) is 0. The van der Waals surface area contributed by atoms with E-state index in [1.54, 1.807) is 6.33 Å². The van der Waals surface area contributed by atoms with E-state index in [4.69, 9.17) is 0 Å². The Kier molecular flexibility index (Phi) is 4.02. The van der Waals surface area contributed by atoms with E-state index >= 15 is 0 Å². The van der Waals surface area contributed by atoms with Gasteiger partial charge in [0.1, 0.15) is 18.0 Å². The van der Waals surface area contributed by atoms with Crippen molar-refractivity contribution >= 4 is 11.6 Å². The van der Waals surface area contributed by atoms with Gasteiger partial charge in [0.2, 0.25) is 0 Å². The summed E-state index contributed by atoms with van der Waals surface area (Å²) >= 11 is 0. The van der Waals surface area contributed by atoms with Crippen LogP contribution in [0.1, 0.15) is 19.8 Å². The topological polar surface area (TPSA) is 49.8 Å². The Morgan fingerprint density at radius 1 is 1.31 bits per heavy atom. The van der Waals surface area contributed by atoms with Crippen LogP contribution in [0.4, 0.5) is 11.6 Å². The third-order valence-electron chi connectivity index (χ3n) is 1.76. The van der Waals surface area contributed by atoms with Crippen LogP contribution < -0.4 is 10.6 Å². The highest BCUT2D eigenvalue weighted by Crippen LogP contribution is 2.07. The molecule has 13 heavy (non-hydrogen) atoms. The smallest absolute Gasteiger partial charge is 0.131 e. The Balaban J connectivity index is 2.46. The van der Waals surface area contributed by atoms with Crippen LogP contribution in [0.3, 0.4) is 0 Å². The Bertz CT molecular complexity index is 249. The lowest BCUT2D eigenvalue weighted by atomic mass is 10.3. The first-order chi connectivity index (χ1) is 6.36. The highest BCUT2D eigenvalue weighted by Gasteiger charge is 1.94. The second-order valence-corrected chi connectivity index (χ2v) is 2.82. The van der Waals surface area contributed by atoms with Gasteiger partial charge in [0.05, 0.1) is 0 Å². The third-order valence-corrected chi connectivity index (χ3v) is 1.76. The highest BCUT2D eigenvalue weighted by atomic mass is 15.0. The third kappa shape index (κ3) is 3.27. The van der Waals surface area contributed by atoms with Gasteiger partial charge in [-0.3, -0.25) is 0 Å². The molecular weight excluding hydrogens is 164 g/mol. The number of anilines is 2. The second-order valence-electron chi connectivity index (χ2n) is 2.82. The van der Waals surface area contributed by atoms with Crippen molar-refractivity contribution in [1.29, 1.82) is 0 Å².